The molecule has 0 atom stereocenters. The lowest BCUT2D eigenvalue weighted by atomic mass is 10.3. The number of hydrogen-bond acceptors (Lipinski definition) is 3. The van der Waals surface area contributed by atoms with Crippen molar-refractivity contribution in [3.05, 3.63) is 30.3 Å². The summed E-state index contributed by atoms with van der Waals surface area (Å²) in [5, 5.41) is 4.60. The van der Waals surface area contributed by atoms with Gasteiger partial charge in [0.2, 0.25) is 5.91 Å². The molecule has 1 aromatic carbocycles. The lowest BCUT2D eigenvalue weighted by Crippen LogP contribution is -2.40. The molecular weight excluding hydrogens is 256 g/mol. The predicted octanol–water partition coefficient (Wildman–Crippen LogP) is 1.52. The topological polar surface area (TPSA) is 67.4 Å². The second-order valence-corrected chi connectivity index (χ2v) is 3.72. The number of ether oxygens (including phenoxy) is 1. The Morgan fingerprint density at radius 2 is 1.94 bits per heavy atom. The highest BCUT2D eigenvalue weighted by Gasteiger charge is 2.04. The van der Waals surface area contributed by atoms with Gasteiger partial charge in [-0.15, -0.1) is 11.6 Å². The molecule has 0 bridgehead atoms. The lowest BCUT2D eigenvalue weighted by molar-refractivity contribution is -0.117. The van der Waals surface area contributed by atoms with Crippen molar-refractivity contribution in [2.75, 3.05) is 19.0 Å². The first-order valence-corrected chi connectivity index (χ1v) is 6.07. The average molecular weight is 271 g/mol. The quantitative estimate of drug-likeness (QED) is 0.608. The minimum atomic E-state index is -0.541. The summed E-state index contributed by atoms with van der Waals surface area (Å²) in [6.07, 6.45) is 0.650. The summed E-state index contributed by atoms with van der Waals surface area (Å²) in [5.41, 5.74) is 0. The molecule has 98 valence electrons. The zero-order valence-corrected chi connectivity index (χ0v) is 10.6. The molecule has 0 aromatic heterocycles. The van der Waals surface area contributed by atoms with Crippen LogP contribution in [0.2, 0.25) is 0 Å². The highest BCUT2D eigenvalue weighted by Crippen LogP contribution is 2.07. The van der Waals surface area contributed by atoms with Crippen LogP contribution in [0.15, 0.2) is 30.3 Å². The SMILES string of the molecule is O=C(CCl)NC(=O)NCCCOc1ccccc1. The van der Waals surface area contributed by atoms with Gasteiger partial charge in [0.1, 0.15) is 11.6 Å². The second kappa shape index (κ2) is 8.36. The Hall–Kier alpha value is -1.75. The molecule has 0 aliphatic heterocycles. The molecule has 0 aliphatic carbocycles. The van der Waals surface area contributed by atoms with Crippen LogP contribution in [-0.2, 0) is 4.79 Å². The van der Waals surface area contributed by atoms with Gasteiger partial charge in [-0.3, -0.25) is 10.1 Å². The molecule has 2 N–H and O–H groups in total. The van der Waals surface area contributed by atoms with Gasteiger partial charge in [-0.05, 0) is 18.6 Å². The van der Waals surface area contributed by atoms with E-state index in [0.717, 1.165) is 5.75 Å². The number of carbonyl (C=O) groups is 2. The largest absolute Gasteiger partial charge is 0.494 e. The number of hydrogen-bond donors (Lipinski definition) is 2. The normalized spacial score (nSPS) is 9.61. The molecule has 6 heteroatoms. The van der Waals surface area contributed by atoms with Gasteiger partial charge in [-0.2, -0.15) is 0 Å². The highest BCUT2D eigenvalue weighted by atomic mass is 35.5. The monoisotopic (exact) mass is 270 g/mol. The van der Waals surface area contributed by atoms with Gasteiger partial charge in [-0.1, -0.05) is 18.2 Å². The third-order valence-electron chi connectivity index (χ3n) is 1.99. The van der Waals surface area contributed by atoms with Crippen LogP contribution >= 0.6 is 11.6 Å². The van der Waals surface area contributed by atoms with E-state index in [-0.39, 0.29) is 5.88 Å². The number of carbonyl (C=O) groups excluding carboxylic acids is 2. The van der Waals surface area contributed by atoms with Crippen LogP contribution in [0.25, 0.3) is 0 Å². The molecule has 1 rings (SSSR count). The van der Waals surface area contributed by atoms with Gasteiger partial charge in [0.05, 0.1) is 6.61 Å². The smallest absolute Gasteiger partial charge is 0.321 e. The fourth-order valence-corrected chi connectivity index (χ4v) is 1.25. The van der Waals surface area contributed by atoms with E-state index < -0.39 is 11.9 Å². The molecule has 0 unspecified atom stereocenters. The molecule has 0 radical (unpaired) electrons. The summed E-state index contributed by atoms with van der Waals surface area (Å²) in [7, 11) is 0. The van der Waals surface area contributed by atoms with Crippen LogP contribution in [-0.4, -0.2) is 31.0 Å². The maximum absolute atomic E-state index is 11.1. The van der Waals surface area contributed by atoms with Crippen molar-refractivity contribution < 1.29 is 14.3 Å². The van der Waals surface area contributed by atoms with E-state index in [4.69, 9.17) is 16.3 Å². The number of alkyl halides is 1. The van der Waals surface area contributed by atoms with E-state index in [1.807, 2.05) is 30.3 Å². The van der Waals surface area contributed by atoms with Gasteiger partial charge in [-0.25, -0.2) is 4.79 Å². The van der Waals surface area contributed by atoms with Gasteiger partial charge in [0.25, 0.3) is 0 Å². The van der Waals surface area contributed by atoms with Crippen molar-refractivity contribution in [3.8, 4) is 5.75 Å². The van der Waals surface area contributed by atoms with Gasteiger partial charge in [0, 0.05) is 6.54 Å². The number of urea groups is 1. The van der Waals surface area contributed by atoms with Gasteiger partial charge in [0.15, 0.2) is 0 Å². The van der Waals surface area contributed by atoms with Crippen LogP contribution in [0, 0.1) is 0 Å². The van der Waals surface area contributed by atoms with Gasteiger partial charge < -0.3 is 10.1 Å². The number of benzene rings is 1. The Kier molecular flexibility index (Phi) is 6.64. The number of nitrogens with one attached hydrogen (secondary N) is 2. The lowest BCUT2D eigenvalue weighted by Gasteiger charge is -2.07. The zero-order valence-electron chi connectivity index (χ0n) is 9.82. The van der Waals surface area contributed by atoms with Crippen LogP contribution < -0.4 is 15.4 Å². The van der Waals surface area contributed by atoms with Crippen LogP contribution in [0.3, 0.4) is 0 Å². The van der Waals surface area contributed by atoms with E-state index in [2.05, 4.69) is 10.6 Å². The number of imide groups is 1. The van der Waals surface area contributed by atoms with Crippen LogP contribution in [0.4, 0.5) is 4.79 Å². The molecule has 0 spiro atoms. The number of rotatable bonds is 6. The Bertz CT molecular complexity index is 384. The van der Waals surface area contributed by atoms with Crippen molar-refractivity contribution >= 4 is 23.5 Å². The molecule has 0 saturated carbocycles. The molecule has 0 heterocycles. The van der Waals surface area contributed by atoms with Crippen molar-refractivity contribution in [1.29, 1.82) is 0 Å². The van der Waals surface area contributed by atoms with E-state index >= 15 is 0 Å². The van der Waals surface area contributed by atoms with Crippen LogP contribution in [0.1, 0.15) is 6.42 Å². The Balaban J connectivity index is 2.05. The predicted molar refractivity (Wildman–Crippen MR) is 68.8 cm³/mol. The molecule has 3 amide bonds. The third-order valence-corrected chi connectivity index (χ3v) is 2.24. The molecule has 18 heavy (non-hydrogen) atoms. The summed E-state index contributed by atoms with van der Waals surface area (Å²) >= 11 is 5.24. The van der Waals surface area contributed by atoms with Crippen molar-refractivity contribution in [1.82, 2.24) is 10.6 Å². The van der Waals surface area contributed by atoms with E-state index in [0.29, 0.717) is 19.6 Å². The minimum absolute atomic E-state index is 0.232. The number of halogens is 1. The average Bonchev–Trinajstić information content (AvgIpc) is 2.39. The first-order valence-electron chi connectivity index (χ1n) is 5.54. The maximum Gasteiger partial charge on any atom is 0.321 e. The van der Waals surface area contributed by atoms with Crippen molar-refractivity contribution in [2.45, 2.75) is 6.42 Å². The first kappa shape index (κ1) is 14.3. The summed E-state index contributed by atoms with van der Waals surface area (Å²) in [6.45, 7) is 0.919. The molecule has 0 saturated heterocycles. The summed E-state index contributed by atoms with van der Waals surface area (Å²) in [5.74, 6) is 0.0406. The fourth-order valence-electron chi connectivity index (χ4n) is 1.19. The molecule has 0 aliphatic rings. The Labute approximate surface area is 110 Å². The molecule has 0 fully saturated rings. The van der Waals surface area contributed by atoms with Gasteiger partial charge >= 0.3 is 6.03 Å². The number of amides is 3. The second-order valence-electron chi connectivity index (χ2n) is 3.45. The molecule has 5 nitrogen and oxygen atoms in total. The van der Waals surface area contributed by atoms with Crippen molar-refractivity contribution in [3.63, 3.8) is 0 Å². The summed E-state index contributed by atoms with van der Waals surface area (Å²) in [6, 6.07) is 8.86. The Morgan fingerprint density at radius 3 is 2.61 bits per heavy atom. The number of para-hydroxylation sites is 1. The third kappa shape index (κ3) is 6.10. The highest BCUT2D eigenvalue weighted by molar-refractivity contribution is 6.28. The summed E-state index contributed by atoms with van der Waals surface area (Å²) < 4.78 is 5.43. The van der Waals surface area contributed by atoms with Crippen LogP contribution in [0.5, 0.6) is 5.75 Å². The zero-order chi connectivity index (χ0) is 13.2. The van der Waals surface area contributed by atoms with Crippen molar-refractivity contribution in [2.24, 2.45) is 0 Å². The minimum Gasteiger partial charge on any atom is -0.494 e. The standard InChI is InChI=1S/C12H15ClN2O3/c13-9-11(16)15-12(17)14-7-4-8-18-10-5-2-1-3-6-10/h1-3,5-6H,4,7-9H2,(H2,14,15,16,17). The first-order chi connectivity index (χ1) is 8.72. The van der Waals surface area contributed by atoms with E-state index in [1.165, 1.54) is 0 Å². The molecule has 1 aromatic rings. The van der Waals surface area contributed by atoms with E-state index in [1.54, 1.807) is 0 Å². The fraction of sp³-hybridized carbons (Fsp3) is 0.333. The summed E-state index contributed by atoms with van der Waals surface area (Å²) in [4.78, 5) is 21.9. The maximum atomic E-state index is 11.1. The van der Waals surface area contributed by atoms with E-state index in [9.17, 15) is 9.59 Å². The molecular formula is C12H15ClN2O3. The Morgan fingerprint density at radius 1 is 1.22 bits per heavy atom.